The number of nitrogens with one attached hydrogen (secondary N) is 1. The second kappa shape index (κ2) is 9.66. The number of rotatable bonds is 7. The normalized spacial score (nSPS) is 10.8. The molecule has 0 atom stereocenters. The Labute approximate surface area is 195 Å². The van der Waals surface area contributed by atoms with Gasteiger partial charge in [-0.15, -0.1) is 0 Å². The highest BCUT2D eigenvalue weighted by atomic mass is 19.1. The zero-order valence-electron chi connectivity index (χ0n) is 18.8. The van der Waals surface area contributed by atoms with Crippen molar-refractivity contribution in [3.63, 3.8) is 0 Å². The molecule has 0 fully saturated rings. The molecule has 0 bridgehead atoms. The number of aromatic nitrogens is 1. The molecule has 7 nitrogen and oxygen atoms in total. The number of anilines is 1. The van der Waals surface area contributed by atoms with Crippen LogP contribution in [0.1, 0.15) is 25.1 Å². The van der Waals surface area contributed by atoms with Gasteiger partial charge in [0, 0.05) is 19.2 Å². The second-order valence-electron chi connectivity index (χ2n) is 7.72. The van der Waals surface area contributed by atoms with Crippen LogP contribution in [0.5, 0.6) is 5.75 Å². The molecule has 34 heavy (non-hydrogen) atoms. The predicted molar refractivity (Wildman–Crippen MR) is 128 cm³/mol. The fraction of sp³-hybridized carbons (Fsp3) is 0.154. The van der Waals surface area contributed by atoms with Gasteiger partial charge in [-0.3, -0.25) is 9.78 Å². The van der Waals surface area contributed by atoms with Gasteiger partial charge in [0.2, 0.25) is 0 Å². The number of carbonyl (C=O) groups excluding carboxylic acids is 2. The molecule has 0 radical (unpaired) electrons. The van der Waals surface area contributed by atoms with Gasteiger partial charge in [-0.25, -0.2) is 14.0 Å². The smallest absolute Gasteiger partial charge is 0.351 e. The van der Waals surface area contributed by atoms with Crippen LogP contribution in [0.25, 0.3) is 22.0 Å². The monoisotopic (exact) mass is 461 g/mol. The molecule has 4 aromatic rings. The van der Waals surface area contributed by atoms with Gasteiger partial charge < -0.3 is 15.6 Å². The van der Waals surface area contributed by atoms with Crippen LogP contribution >= 0.6 is 0 Å². The van der Waals surface area contributed by atoms with Crippen LogP contribution in [0.4, 0.5) is 14.9 Å². The van der Waals surface area contributed by atoms with E-state index in [1.165, 1.54) is 19.1 Å². The number of urea groups is 1. The molecular weight excluding hydrogens is 437 g/mol. The molecule has 8 heteroatoms. The number of primary amides is 1. The number of hydrogen-bond donors (Lipinski definition) is 2. The summed E-state index contributed by atoms with van der Waals surface area (Å²) < 4.78 is 15.5. The summed E-state index contributed by atoms with van der Waals surface area (Å²) in [4.78, 5) is 33.2. The molecule has 0 saturated heterocycles. The first-order chi connectivity index (χ1) is 16.4. The highest BCUT2D eigenvalue weighted by Crippen LogP contribution is 2.39. The van der Waals surface area contributed by atoms with E-state index >= 15 is 0 Å². The van der Waals surface area contributed by atoms with E-state index in [0.717, 1.165) is 27.9 Å². The van der Waals surface area contributed by atoms with Crippen LogP contribution in [0.2, 0.25) is 0 Å². The van der Waals surface area contributed by atoms with E-state index in [2.05, 4.69) is 9.88 Å². The van der Waals surface area contributed by atoms with Gasteiger partial charge in [-0.05, 0) is 47.4 Å². The lowest BCUT2D eigenvalue weighted by atomic mass is 9.99. The number of halogens is 1. The third-order valence-corrected chi connectivity index (χ3v) is 5.49. The van der Waals surface area contributed by atoms with E-state index in [1.807, 2.05) is 37.3 Å². The quantitative estimate of drug-likeness (QED) is 0.284. The maximum absolute atomic E-state index is 13.5. The van der Waals surface area contributed by atoms with Gasteiger partial charge in [0.15, 0.2) is 5.75 Å². The number of amides is 2. The largest absolute Gasteiger partial charge is 0.352 e. The molecule has 0 saturated carbocycles. The average molecular weight is 461 g/mol. The van der Waals surface area contributed by atoms with Crippen molar-refractivity contribution in [3.05, 3.63) is 83.8 Å². The maximum atomic E-state index is 13.5. The van der Waals surface area contributed by atoms with E-state index in [0.29, 0.717) is 24.0 Å². The highest BCUT2D eigenvalue weighted by Gasteiger charge is 2.22. The minimum atomic E-state index is -0.720. The molecule has 174 valence electrons. The Balaban J connectivity index is 1.88. The van der Waals surface area contributed by atoms with Gasteiger partial charge in [-0.2, -0.15) is 0 Å². The number of benzene rings is 3. The third kappa shape index (κ3) is 4.56. The molecule has 3 aromatic carbocycles. The lowest BCUT2D eigenvalue weighted by Crippen LogP contribution is -2.20. The number of nitrogens with zero attached hydrogens (tertiary/aromatic N) is 1. The van der Waals surface area contributed by atoms with Crippen molar-refractivity contribution in [2.75, 3.05) is 5.32 Å². The Hall–Kier alpha value is -4.33. The van der Waals surface area contributed by atoms with Crippen LogP contribution in [-0.2, 0) is 22.6 Å². The topological polar surface area (TPSA) is 95.6 Å². The fourth-order valence-electron chi connectivity index (χ4n) is 4.14. The second-order valence-corrected chi connectivity index (χ2v) is 7.72. The number of hydrogen-bond acceptors (Lipinski definition) is 4. The third-order valence-electron chi connectivity index (χ3n) is 5.49. The molecule has 0 spiro atoms. The number of nitrogens with two attached hydrogens (primary N) is 1. The minimum absolute atomic E-state index is 0.275. The Morgan fingerprint density at radius 1 is 1.03 bits per heavy atom. The van der Waals surface area contributed by atoms with Crippen molar-refractivity contribution >= 4 is 28.6 Å². The summed E-state index contributed by atoms with van der Waals surface area (Å²) in [6.45, 7) is 3.66. The molecule has 2 amide bonds. The average Bonchev–Trinajstić information content (AvgIpc) is 3.11. The Kier molecular flexibility index (Phi) is 6.49. The molecule has 0 unspecified atom stereocenters. The zero-order valence-corrected chi connectivity index (χ0v) is 18.8. The first-order valence-electron chi connectivity index (χ1n) is 10.8. The van der Waals surface area contributed by atoms with Crippen molar-refractivity contribution < 1.29 is 23.8 Å². The Morgan fingerprint density at radius 2 is 1.76 bits per heavy atom. The Morgan fingerprint density at radius 3 is 2.44 bits per heavy atom. The predicted octanol–water partition coefficient (Wildman–Crippen LogP) is 5.41. The van der Waals surface area contributed by atoms with Gasteiger partial charge in [0.05, 0.1) is 16.6 Å². The van der Waals surface area contributed by atoms with Gasteiger partial charge >= 0.3 is 12.0 Å². The number of fused-ring (bicyclic) bond motifs is 1. The van der Waals surface area contributed by atoms with Crippen LogP contribution in [0.3, 0.4) is 0 Å². The summed E-state index contributed by atoms with van der Waals surface area (Å²) >= 11 is 0. The Bertz CT molecular complexity index is 1360. The molecule has 1 heterocycles. The van der Waals surface area contributed by atoms with Gasteiger partial charge in [0.1, 0.15) is 5.82 Å². The van der Waals surface area contributed by atoms with Crippen molar-refractivity contribution in [1.82, 2.24) is 4.57 Å². The first-order valence-corrected chi connectivity index (χ1v) is 10.8. The first kappa shape index (κ1) is 22.8. The van der Waals surface area contributed by atoms with E-state index in [-0.39, 0.29) is 11.6 Å². The van der Waals surface area contributed by atoms with E-state index in [9.17, 15) is 14.0 Å². The summed E-state index contributed by atoms with van der Waals surface area (Å²) in [5, 5.41) is 3.28. The van der Waals surface area contributed by atoms with E-state index in [4.69, 9.17) is 15.5 Å². The molecule has 4 rings (SSSR count). The minimum Gasteiger partial charge on any atom is -0.351 e. The van der Waals surface area contributed by atoms with Crippen molar-refractivity contribution in [1.29, 1.82) is 0 Å². The molecular formula is C26H24FN3O4. The molecule has 0 aliphatic rings. The van der Waals surface area contributed by atoms with Crippen molar-refractivity contribution in [3.8, 4) is 16.9 Å². The van der Waals surface area contributed by atoms with Gasteiger partial charge in [0.25, 0.3) is 0 Å². The summed E-state index contributed by atoms with van der Waals surface area (Å²) in [6, 6.07) is 18.8. The van der Waals surface area contributed by atoms with E-state index in [1.54, 1.807) is 24.3 Å². The SMILES string of the molecule is CCc1c(NC(N)=O)c2c(OOC(C)=O)cccc2n1Cc1ccccc1-c1ccc(F)cc1. The van der Waals surface area contributed by atoms with Crippen LogP contribution < -0.4 is 15.9 Å². The molecule has 0 aliphatic carbocycles. The summed E-state index contributed by atoms with van der Waals surface area (Å²) in [6.07, 6.45) is 0.579. The maximum Gasteiger partial charge on any atom is 0.352 e. The van der Waals surface area contributed by atoms with Crippen molar-refractivity contribution in [2.24, 2.45) is 5.73 Å². The lowest BCUT2D eigenvalue weighted by molar-refractivity contribution is -0.210. The summed E-state index contributed by atoms with van der Waals surface area (Å²) in [7, 11) is 0. The van der Waals surface area contributed by atoms with Crippen LogP contribution in [0.15, 0.2) is 66.7 Å². The molecule has 0 aliphatic heterocycles. The fourth-order valence-corrected chi connectivity index (χ4v) is 4.14. The van der Waals surface area contributed by atoms with Crippen LogP contribution in [-0.4, -0.2) is 16.6 Å². The summed E-state index contributed by atoms with van der Waals surface area (Å²) in [5.41, 5.74) is 10.4. The molecule has 3 N–H and O–H groups in total. The number of carbonyl (C=O) groups is 2. The zero-order chi connectivity index (χ0) is 24.2. The van der Waals surface area contributed by atoms with Crippen molar-refractivity contribution in [2.45, 2.75) is 26.8 Å². The standard InChI is InChI=1S/C26H24FN3O4/c1-3-21-25(29-26(28)32)24-22(9-6-10-23(24)34-33-16(2)31)30(21)15-18-7-4-5-8-20(18)17-11-13-19(27)14-12-17/h4-14H,3,15H2,1-2H3,(H3,28,29,32). The summed E-state index contributed by atoms with van der Waals surface area (Å²) in [5.74, 6) is -0.630. The van der Waals surface area contributed by atoms with Crippen LogP contribution in [0, 0.1) is 5.82 Å². The van der Waals surface area contributed by atoms with Gasteiger partial charge in [-0.1, -0.05) is 49.4 Å². The molecule has 1 aromatic heterocycles. The lowest BCUT2D eigenvalue weighted by Gasteiger charge is -2.15. The highest BCUT2D eigenvalue weighted by molar-refractivity contribution is 6.05. The van der Waals surface area contributed by atoms with E-state index < -0.39 is 12.0 Å².